The third kappa shape index (κ3) is 8.31. The van der Waals surface area contributed by atoms with Gasteiger partial charge in [-0.1, -0.05) is 49.7 Å². The second-order valence-corrected chi connectivity index (χ2v) is 12.6. The molecule has 0 saturated carbocycles. The summed E-state index contributed by atoms with van der Waals surface area (Å²) in [7, 11) is -3.02. The van der Waals surface area contributed by atoms with E-state index >= 15 is 0 Å². The van der Waals surface area contributed by atoms with Crippen molar-refractivity contribution >= 4 is 33.2 Å². The Morgan fingerprint density at radius 2 is 1.60 bits per heavy atom. The number of nitro benzene ring substituents is 1. The number of methoxy groups -OCH3 is 1. The van der Waals surface area contributed by atoms with Gasteiger partial charge in [0.1, 0.15) is 18.3 Å². The molecule has 230 valence electrons. The maximum atomic E-state index is 14.0. The number of rotatable bonds is 13. The fraction of sp³-hybridized carbons (Fsp3) is 0.355. The third-order valence-electron chi connectivity index (χ3n) is 6.93. The molecule has 1 atom stereocenters. The lowest BCUT2D eigenvalue weighted by molar-refractivity contribution is -0.385. The first kappa shape index (κ1) is 33.1. The number of benzene rings is 3. The number of hydrogen-bond donors (Lipinski definition) is 1. The summed E-state index contributed by atoms with van der Waals surface area (Å²) in [4.78, 5) is 39.0. The molecule has 0 aliphatic carbocycles. The first-order valence-electron chi connectivity index (χ1n) is 13.8. The number of carbonyl (C=O) groups is 2. The second-order valence-electron chi connectivity index (χ2n) is 10.7. The van der Waals surface area contributed by atoms with Gasteiger partial charge in [-0.15, -0.1) is 0 Å². The fourth-order valence-corrected chi connectivity index (χ4v) is 5.71. The zero-order valence-electron chi connectivity index (χ0n) is 25.2. The quantitative estimate of drug-likeness (QED) is 0.220. The van der Waals surface area contributed by atoms with Crippen molar-refractivity contribution in [3.8, 4) is 5.75 Å². The molecule has 0 spiro atoms. The van der Waals surface area contributed by atoms with Gasteiger partial charge in [0.15, 0.2) is 0 Å². The van der Waals surface area contributed by atoms with E-state index in [0.717, 1.165) is 21.5 Å². The van der Waals surface area contributed by atoms with Crippen molar-refractivity contribution in [2.75, 3.05) is 24.5 Å². The Labute approximate surface area is 252 Å². The summed E-state index contributed by atoms with van der Waals surface area (Å²) >= 11 is 0. The van der Waals surface area contributed by atoms with E-state index in [2.05, 4.69) is 5.32 Å². The number of hydrogen-bond acceptors (Lipinski definition) is 7. The zero-order valence-corrected chi connectivity index (χ0v) is 26.1. The van der Waals surface area contributed by atoms with E-state index in [1.54, 1.807) is 19.1 Å². The maximum Gasteiger partial charge on any atom is 0.273 e. The van der Waals surface area contributed by atoms with Crippen LogP contribution in [0.5, 0.6) is 5.75 Å². The predicted octanol–water partition coefficient (Wildman–Crippen LogP) is 4.61. The zero-order chi connectivity index (χ0) is 31.9. The molecule has 43 heavy (non-hydrogen) atoms. The van der Waals surface area contributed by atoms with Gasteiger partial charge in [-0.05, 0) is 62.6 Å². The number of sulfonamides is 1. The lowest BCUT2D eigenvalue weighted by Crippen LogP contribution is -2.51. The van der Waals surface area contributed by atoms with Crippen molar-refractivity contribution in [1.29, 1.82) is 0 Å². The van der Waals surface area contributed by atoms with Crippen LogP contribution in [0.4, 0.5) is 11.4 Å². The highest BCUT2D eigenvalue weighted by molar-refractivity contribution is 7.92. The number of aryl methyl sites for hydroxylation is 2. The minimum Gasteiger partial charge on any atom is -0.497 e. The minimum absolute atomic E-state index is 0.0574. The molecule has 11 nitrogen and oxygen atoms in total. The number of anilines is 1. The number of carbonyl (C=O) groups excluding carboxylic acids is 2. The van der Waals surface area contributed by atoms with Crippen molar-refractivity contribution in [1.82, 2.24) is 10.2 Å². The lowest BCUT2D eigenvalue weighted by Gasteiger charge is -2.32. The molecule has 1 N–H and O–H groups in total. The van der Waals surface area contributed by atoms with Crippen LogP contribution in [0.15, 0.2) is 71.6 Å². The second kappa shape index (κ2) is 14.1. The number of nitrogens with zero attached hydrogens (tertiary/aromatic N) is 3. The van der Waals surface area contributed by atoms with Crippen LogP contribution in [0.2, 0.25) is 0 Å². The Balaban J connectivity index is 2.07. The number of amides is 2. The summed E-state index contributed by atoms with van der Waals surface area (Å²) in [5, 5.41) is 14.4. The molecule has 0 aliphatic rings. The summed E-state index contributed by atoms with van der Waals surface area (Å²) in [5.74, 6) is -0.350. The van der Waals surface area contributed by atoms with Gasteiger partial charge in [0.05, 0.1) is 22.6 Å². The van der Waals surface area contributed by atoms with E-state index in [4.69, 9.17) is 4.74 Å². The number of ether oxygens (including phenoxy) is 1. The molecule has 3 rings (SSSR count). The normalized spacial score (nSPS) is 12.0. The van der Waals surface area contributed by atoms with Crippen LogP contribution in [-0.4, -0.2) is 56.3 Å². The summed E-state index contributed by atoms with van der Waals surface area (Å²) in [6.45, 7) is 8.74. The largest absolute Gasteiger partial charge is 0.497 e. The SMILES string of the molecule is COc1ccc(N(CC(=O)N(Cc2ccc(C)cc2)[C@H](C)C(=O)NCC(C)C)S(=O)(=O)c2ccc(C)c([N+](=O)[O-])c2)cc1. The molecule has 3 aromatic carbocycles. The molecule has 0 fully saturated rings. The predicted molar refractivity (Wildman–Crippen MR) is 164 cm³/mol. The van der Waals surface area contributed by atoms with E-state index in [1.807, 2.05) is 45.0 Å². The average molecular weight is 611 g/mol. The van der Waals surface area contributed by atoms with Gasteiger partial charge < -0.3 is 15.0 Å². The van der Waals surface area contributed by atoms with Crippen LogP contribution in [-0.2, 0) is 26.2 Å². The summed E-state index contributed by atoms with van der Waals surface area (Å²) < 4.78 is 34.2. The molecule has 0 aliphatic heterocycles. The Kier molecular flexibility index (Phi) is 10.9. The third-order valence-corrected chi connectivity index (χ3v) is 8.70. The van der Waals surface area contributed by atoms with Crippen molar-refractivity contribution in [3.05, 3.63) is 93.5 Å². The van der Waals surface area contributed by atoms with Crippen molar-refractivity contribution in [3.63, 3.8) is 0 Å². The van der Waals surface area contributed by atoms with E-state index in [1.165, 1.54) is 43.2 Å². The van der Waals surface area contributed by atoms with Crippen molar-refractivity contribution in [2.24, 2.45) is 5.92 Å². The molecule has 0 bridgehead atoms. The molecule has 2 amide bonds. The van der Waals surface area contributed by atoms with Gasteiger partial charge in [0.25, 0.3) is 15.7 Å². The van der Waals surface area contributed by atoms with Crippen molar-refractivity contribution < 1.29 is 27.7 Å². The van der Waals surface area contributed by atoms with Gasteiger partial charge in [0, 0.05) is 24.7 Å². The molecule has 0 saturated heterocycles. The Morgan fingerprint density at radius 1 is 0.977 bits per heavy atom. The van der Waals surface area contributed by atoms with Crippen LogP contribution in [0, 0.1) is 29.9 Å². The highest BCUT2D eigenvalue weighted by atomic mass is 32.2. The van der Waals surface area contributed by atoms with E-state index in [9.17, 15) is 28.1 Å². The molecule has 12 heteroatoms. The first-order chi connectivity index (χ1) is 20.2. The monoisotopic (exact) mass is 610 g/mol. The van der Waals surface area contributed by atoms with E-state index < -0.39 is 33.4 Å². The fourth-order valence-electron chi connectivity index (χ4n) is 4.28. The molecular weight excluding hydrogens is 572 g/mol. The van der Waals surface area contributed by atoms with Crippen LogP contribution in [0.1, 0.15) is 37.5 Å². The molecule has 0 heterocycles. The van der Waals surface area contributed by atoms with Crippen LogP contribution >= 0.6 is 0 Å². The van der Waals surface area contributed by atoms with Crippen LogP contribution in [0.3, 0.4) is 0 Å². The first-order valence-corrected chi connectivity index (χ1v) is 15.2. The summed E-state index contributed by atoms with van der Waals surface area (Å²) in [5.41, 5.74) is 1.86. The lowest BCUT2D eigenvalue weighted by atomic mass is 10.1. The maximum absolute atomic E-state index is 14.0. The highest BCUT2D eigenvalue weighted by Crippen LogP contribution is 2.29. The number of nitro groups is 1. The molecule has 3 aromatic rings. The minimum atomic E-state index is -4.48. The highest BCUT2D eigenvalue weighted by Gasteiger charge is 2.33. The standard InChI is InChI=1S/C31H38N4O7S/c1-21(2)18-32-31(37)24(5)33(19-25-10-7-22(3)8-11-25)30(36)20-34(26-12-14-27(42-6)15-13-26)43(40,41)28-16-9-23(4)29(17-28)35(38)39/h7-17,21,24H,18-20H2,1-6H3,(H,32,37)/t24-/m1/s1. The van der Waals surface area contributed by atoms with Crippen LogP contribution in [0.25, 0.3) is 0 Å². The summed E-state index contributed by atoms with van der Waals surface area (Å²) in [6.07, 6.45) is 0. The topological polar surface area (TPSA) is 139 Å². The molecular formula is C31H38N4O7S. The van der Waals surface area contributed by atoms with Gasteiger partial charge in [0.2, 0.25) is 11.8 Å². The van der Waals surface area contributed by atoms with E-state index in [-0.39, 0.29) is 34.6 Å². The Hall–Kier alpha value is -4.45. The van der Waals surface area contributed by atoms with Crippen LogP contribution < -0.4 is 14.4 Å². The summed E-state index contributed by atoms with van der Waals surface area (Å²) in [6, 6.07) is 16.2. The molecule has 0 aromatic heterocycles. The van der Waals surface area contributed by atoms with Crippen molar-refractivity contribution in [2.45, 2.75) is 52.1 Å². The van der Waals surface area contributed by atoms with Gasteiger partial charge in [-0.25, -0.2) is 8.42 Å². The smallest absolute Gasteiger partial charge is 0.273 e. The number of nitrogens with one attached hydrogen (secondary N) is 1. The Morgan fingerprint density at radius 3 is 2.16 bits per heavy atom. The molecule has 0 radical (unpaired) electrons. The van der Waals surface area contributed by atoms with Gasteiger partial charge >= 0.3 is 0 Å². The van der Waals surface area contributed by atoms with Gasteiger partial charge in [-0.2, -0.15) is 0 Å². The Bertz CT molecular complexity index is 1560. The van der Waals surface area contributed by atoms with E-state index in [0.29, 0.717) is 17.9 Å². The average Bonchev–Trinajstić information content (AvgIpc) is 2.97. The van der Waals surface area contributed by atoms with Gasteiger partial charge in [-0.3, -0.25) is 24.0 Å². The molecule has 0 unspecified atom stereocenters.